The van der Waals surface area contributed by atoms with Crippen molar-refractivity contribution in [3.63, 3.8) is 0 Å². The topological polar surface area (TPSA) is 91.5 Å². The molecule has 4 N–H and O–H groups in total. The van der Waals surface area contributed by atoms with Crippen LogP contribution in [0.2, 0.25) is 5.02 Å². The SMILES string of the molecule is CC(C)Oc1ccc(NC(=O)C2NNS3(CCCCCCCC3)C2NC(=O)c2cccc(Cl)c2)cc1. The van der Waals surface area contributed by atoms with Gasteiger partial charge < -0.3 is 15.4 Å². The number of hydrazine groups is 1. The highest BCUT2D eigenvalue weighted by atomic mass is 35.5. The maximum atomic E-state index is 13.5. The molecule has 2 fully saturated rings. The smallest absolute Gasteiger partial charge is 0.252 e. The molecule has 2 aromatic rings. The average molecular weight is 533 g/mol. The first-order valence-corrected chi connectivity index (χ1v) is 15.2. The number of hydrogen-bond donors (Lipinski definition) is 4. The third kappa shape index (κ3) is 6.73. The first-order valence-electron chi connectivity index (χ1n) is 12.8. The minimum absolute atomic E-state index is 0.0789. The molecule has 2 atom stereocenters. The molecule has 7 nitrogen and oxygen atoms in total. The number of amides is 2. The maximum absolute atomic E-state index is 13.5. The molecule has 2 amide bonds. The zero-order valence-corrected chi connectivity index (χ0v) is 22.6. The largest absolute Gasteiger partial charge is 0.491 e. The molecule has 0 saturated carbocycles. The van der Waals surface area contributed by atoms with Crippen LogP contribution in [0.1, 0.15) is 62.7 Å². The van der Waals surface area contributed by atoms with Gasteiger partial charge in [-0.2, -0.15) is 10.2 Å². The van der Waals surface area contributed by atoms with Gasteiger partial charge in [-0.1, -0.05) is 43.4 Å². The first-order chi connectivity index (χ1) is 17.4. The van der Waals surface area contributed by atoms with Crippen molar-refractivity contribution in [3.05, 3.63) is 59.1 Å². The summed E-state index contributed by atoms with van der Waals surface area (Å²) in [6.45, 7) is 3.95. The quantitative estimate of drug-likeness (QED) is 0.401. The molecule has 0 radical (unpaired) electrons. The van der Waals surface area contributed by atoms with Gasteiger partial charge in [-0.3, -0.25) is 9.59 Å². The molecular weight excluding hydrogens is 496 g/mol. The van der Waals surface area contributed by atoms with Crippen molar-refractivity contribution in [3.8, 4) is 5.75 Å². The predicted molar refractivity (Wildman–Crippen MR) is 149 cm³/mol. The third-order valence-corrected chi connectivity index (χ3v) is 10.8. The van der Waals surface area contributed by atoms with Crippen LogP contribution in [0.4, 0.5) is 5.69 Å². The van der Waals surface area contributed by atoms with Crippen molar-refractivity contribution in [1.82, 2.24) is 15.6 Å². The molecule has 2 saturated heterocycles. The second kappa shape index (κ2) is 12.3. The van der Waals surface area contributed by atoms with Crippen LogP contribution in [0.5, 0.6) is 5.75 Å². The lowest BCUT2D eigenvalue weighted by Crippen LogP contribution is -2.51. The molecule has 196 valence electrons. The van der Waals surface area contributed by atoms with Crippen LogP contribution in [0, 0.1) is 0 Å². The van der Waals surface area contributed by atoms with Gasteiger partial charge in [0, 0.05) is 16.3 Å². The summed E-state index contributed by atoms with van der Waals surface area (Å²) in [5, 5.41) is 6.42. The lowest BCUT2D eigenvalue weighted by molar-refractivity contribution is -0.118. The van der Waals surface area contributed by atoms with E-state index in [2.05, 4.69) is 20.9 Å². The van der Waals surface area contributed by atoms with E-state index in [-0.39, 0.29) is 23.3 Å². The van der Waals surface area contributed by atoms with Crippen molar-refractivity contribution >= 4 is 39.3 Å². The maximum Gasteiger partial charge on any atom is 0.252 e. The number of rotatable bonds is 6. The van der Waals surface area contributed by atoms with Crippen LogP contribution >= 0.6 is 21.8 Å². The van der Waals surface area contributed by atoms with Crippen LogP contribution in [-0.2, 0) is 4.79 Å². The Morgan fingerprint density at radius 1 is 1.00 bits per heavy atom. The molecule has 4 rings (SSSR count). The van der Waals surface area contributed by atoms with Gasteiger partial charge in [0.05, 0.1) is 11.5 Å². The Morgan fingerprint density at radius 2 is 1.67 bits per heavy atom. The molecule has 0 aliphatic carbocycles. The predicted octanol–water partition coefficient (Wildman–Crippen LogP) is 5.37. The highest BCUT2D eigenvalue weighted by molar-refractivity contribution is 8.32. The van der Waals surface area contributed by atoms with Crippen molar-refractivity contribution in [1.29, 1.82) is 0 Å². The average Bonchev–Trinajstić information content (AvgIpc) is 3.25. The van der Waals surface area contributed by atoms with E-state index in [9.17, 15) is 9.59 Å². The molecule has 36 heavy (non-hydrogen) atoms. The van der Waals surface area contributed by atoms with E-state index in [1.807, 2.05) is 38.1 Å². The Kier molecular flexibility index (Phi) is 9.17. The van der Waals surface area contributed by atoms with Gasteiger partial charge in [0.2, 0.25) is 5.91 Å². The molecule has 2 aliphatic rings. The molecule has 2 heterocycles. The van der Waals surface area contributed by atoms with Gasteiger partial charge in [0.1, 0.15) is 11.8 Å². The van der Waals surface area contributed by atoms with Gasteiger partial charge in [0.25, 0.3) is 5.91 Å². The van der Waals surface area contributed by atoms with Gasteiger partial charge in [-0.15, -0.1) is 0 Å². The minimum atomic E-state index is -1.51. The molecule has 0 bridgehead atoms. The van der Waals surface area contributed by atoms with Crippen LogP contribution in [0.3, 0.4) is 0 Å². The normalized spacial score (nSPS) is 22.8. The van der Waals surface area contributed by atoms with Crippen LogP contribution < -0.4 is 25.6 Å². The van der Waals surface area contributed by atoms with Crippen molar-refractivity contribution < 1.29 is 14.3 Å². The summed E-state index contributed by atoms with van der Waals surface area (Å²) >= 11 is 6.14. The molecule has 2 aromatic carbocycles. The highest BCUT2D eigenvalue weighted by Crippen LogP contribution is 2.53. The minimum Gasteiger partial charge on any atom is -0.491 e. The van der Waals surface area contributed by atoms with E-state index in [1.54, 1.807) is 24.3 Å². The molecule has 2 unspecified atom stereocenters. The second-order valence-corrected chi connectivity index (χ2v) is 13.6. The van der Waals surface area contributed by atoms with Crippen LogP contribution in [-0.4, -0.2) is 40.8 Å². The fourth-order valence-corrected chi connectivity index (χ4v) is 8.89. The van der Waals surface area contributed by atoms with Gasteiger partial charge in [-0.05, 0) is 80.7 Å². The van der Waals surface area contributed by atoms with Crippen molar-refractivity contribution in [2.45, 2.75) is 69.9 Å². The second-order valence-electron chi connectivity index (χ2n) is 9.78. The molecule has 0 aromatic heterocycles. The summed E-state index contributed by atoms with van der Waals surface area (Å²) in [5.74, 6) is 2.29. The van der Waals surface area contributed by atoms with Crippen LogP contribution in [0.25, 0.3) is 0 Å². The van der Waals surface area contributed by atoms with E-state index in [4.69, 9.17) is 16.3 Å². The number of nitrogens with one attached hydrogen (secondary N) is 4. The molecule has 2 aliphatic heterocycles. The zero-order chi connectivity index (χ0) is 25.5. The fraction of sp³-hybridized carbons (Fsp3) is 0.481. The Balaban J connectivity index is 1.55. The van der Waals surface area contributed by atoms with Crippen LogP contribution in [0.15, 0.2) is 48.5 Å². The fourth-order valence-electron chi connectivity index (χ4n) is 4.82. The lowest BCUT2D eigenvalue weighted by atomic mass is 10.1. The Hall–Kier alpha value is -2.26. The summed E-state index contributed by atoms with van der Waals surface area (Å²) in [6.07, 6.45) is 7.07. The number of anilines is 1. The highest BCUT2D eigenvalue weighted by Gasteiger charge is 2.48. The van der Waals surface area contributed by atoms with Crippen molar-refractivity contribution in [2.75, 3.05) is 16.8 Å². The van der Waals surface area contributed by atoms with E-state index in [0.717, 1.165) is 30.1 Å². The Bertz CT molecular complexity index is 1040. The van der Waals surface area contributed by atoms with Gasteiger partial charge in [-0.25, -0.2) is 10.3 Å². The Morgan fingerprint density at radius 3 is 2.31 bits per heavy atom. The molecule has 9 heteroatoms. The summed E-state index contributed by atoms with van der Waals surface area (Å²) in [7, 11) is -1.51. The summed E-state index contributed by atoms with van der Waals surface area (Å²) < 4.78 is 5.70. The number of benzene rings is 2. The Labute approximate surface area is 220 Å². The van der Waals surface area contributed by atoms with Gasteiger partial charge >= 0.3 is 0 Å². The van der Waals surface area contributed by atoms with E-state index >= 15 is 0 Å². The number of hydrogen-bond acceptors (Lipinski definition) is 5. The zero-order valence-electron chi connectivity index (χ0n) is 21.0. The first kappa shape index (κ1) is 26.8. The number of ether oxygens (including phenoxy) is 1. The van der Waals surface area contributed by atoms with E-state index in [1.165, 1.54) is 25.7 Å². The lowest BCUT2D eigenvalue weighted by Gasteiger charge is -2.41. The molecular formula is C27H37ClN4O3S. The van der Waals surface area contributed by atoms with E-state index in [0.29, 0.717) is 16.3 Å². The third-order valence-electron chi connectivity index (χ3n) is 6.61. The monoisotopic (exact) mass is 532 g/mol. The summed E-state index contributed by atoms with van der Waals surface area (Å²) in [4.78, 5) is 30.3. The molecule has 1 spiro atoms. The summed E-state index contributed by atoms with van der Waals surface area (Å²) in [6, 6.07) is 13.7. The van der Waals surface area contributed by atoms with Crippen molar-refractivity contribution in [2.24, 2.45) is 0 Å². The summed E-state index contributed by atoms with van der Waals surface area (Å²) in [5.41, 5.74) is 4.45. The standard InChI is InChI=1S/C27H37ClN4O3S/c1-19(2)35-23-14-12-22(13-15-23)29-26(34)24-27(30-25(33)20-10-9-11-21(28)18-20)36(32-31-24)16-7-5-3-4-6-8-17-36/h9-15,18-19,24,27,31-32H,3-8,16-17H2,1-2H3,(H,29,34)(H,30,33). The number of halogens is 1. The number of carbonyl (C=O) groups is 2. The van der Waals surface area contributed by atoms with Gasteiger partial charge in [0.15, 0.2) is 0 Å². The van der Waals surface area contributed by atoms with E-state index < -0.39 is 16.3 Å². The number of carbonyl (C=O) groups excluding carboxylic acids is 2.